The average Bonchev–Trinajstić information content (AvgIpc) is 2.45. The largest absolute Gasteiger partial charge is 0.461 e. The first-order valence-electron chi connectivity index (χ1n) is 6.04. The molecule has 6 heteroatoms. The van der Waals surface area contributed by atoms with Crippen molar-refractivity contribution in [1.82, 2.24) is 10.2 Å². The van der Waals surface area contributed by atoms with Gasteiger partial charge in [-0.1, -0.05) is 41.3 Å². The van der Waals surface area contributed by atoms with E-state index in [1.807, 2.05) is 13.8 Å². The van der Waals surface area contributed by atoms with E-state index < -0.39 is 0 Å². The molecule has 1 heterocycles. The van der Waals surface area contributed by atoms with Gasteiger partial charge in [0.1, 0.15) is 6.35 Å². The Kier molecular flexibility index (Phi) is 6.16. The van der Waals surface area contributed by atoms with Crippen LogP contribution in [0.1, 0.15) is 19.5 Å². The second-order valence-corrected chi connectivity index (χ2v) is 3.74. The number of carbonyl (C=O) groups is 1. The number of carbonyl (C=O) groups excluding carboxylic acids is 1. The van der Waals surface area contributed by atoms with E-state index in [4.69, 9.17) is 4.74 Å². The molecular formula is C13H17N2O3P. The summed E-state index contributed by atoms with van der Waals surface area (Å²) in [5.74, 6) is -0.371. The van der Waals surface area contributed by atoms with Crippen LogP contribution >= 0.6 is 9.24 Å². The summed E-state index contributed by atoms with van der Waals surface area (Å²) in [4.78, 5) is 22.9. The van der Waals surface area contributed by atoms with Gasteiger partial charge in [-0.2, -0.15) is 5.10 Å². The van der Waals surface area contributed by atoms with Crippen molar-refractivity contribution in [2.24, 2.45) is 0 Å². The molecule has 5 nitrogen and oxygen atoms in total. The van der Waals surface area contributed by atoms with Gasteiger partial charge in [0.15, 0.2) is 0 Å². The van der Waals surface area contributed by atoms with E-state index in [2.05, 4.69) is 19.4 Å². The van der Waals surface area contributed by atoms with Crippen molar-refractivity contribution in [2.45, 2.75) is 20.3 Å². The highest BCUT2D eigenvalue weighted by molar-refractivity contribution is 7.16. The van der Waals surface area contributed by atoms with Crippen molar-refractivity contribution in [3.63, 3.8) is 0 Å². The number of nitrogens with one attached hydrogen (secondary N) is 1. The standard InChI is InChI=1S/C11H11N2O3P.C2H6/c14-10(16-6-17)5-9-7-3-1-2-4-8(7)11(15)13-12-9;1-2/h1-4H,5-6,17H2,(H,13,15);1-2H3. The van der Waals surface area contributed by atoms with E-state index in [9.17, 15) is 9.59 Å². The minimum atomic E-state index is -0.371. The molecule has 0 aliphatic heterocycles. The maximum Gasteiger partial charge on any atom is 0.312 e. The van der Waals surface area contributed by atoms with Crippen LogP contribution in [-0.2, 0) is 16.0 Å². The van der Waals surface area contributed by atoms with Crippen LogP contribution in [0.15, 0.2) is 29.1 Å². The van der Waals surface area contributed by atoms with Crippen molar-refractivity contribution in [2.75, 3.05) is 6.35 Å². The molecule has 0 spiro atoms. The Morgan fingerprint density at radius 3 is 2.58 bits per heavy atom. The predicted octanol–water partition coefficient (Wildman–Crippen LogP) is 1.87. The van der Waals surface area contributed by atoms with Crippen LogP contribution in [0.2, 0.25) is 0 Å². The zero-order valence-electron chi connectivity index (χ0n) is 11.0. The molecule has 0 aliphatic rings. The number of rotatable bonds is 3. The number of hydrogen-bond donors (Lipinski definition) is 1. The summed E-state index contributed by atoms with van der Waals surface area (Å²) in [5, 5.41) is 7.46. The van der Waals surface area contributed by atoms with E-state index in [-0.39, 0.29) is 24.3 Å². The highest BCUT2D eigenvalue weighted by Gasteiger charge is 2.10. The number of hydrogen-bond acceptors (Lipinski definition) is 4. The van der Waals surface area contributed by atoms with Crippen molar-refractivity contribution in [3.05, 3.63) is 40.3 Å². The van der Waals surface area contributed by atoms with E-state index in [0.717, 1.165) is 0 Å². The molecule has 1 aromatic carbocycles. The lowest BCUT2D eigenvalue weighted by Gasteiger charge is -2.04. The third kappa shape index (κ3) is 3.86. The molecule has 1 unspecified atom stereocenters. The molecule has 0 amide bonds. The van der Waals surface area contributed by atoms with Gasteiger partial charge in [0, 0.05) is 5.39 Å². The first kappa shape index (κ1) is 15.3. The minimum absolute atomic E-state index is 0.0473. The number of ether oxygens (including phenoxy) is 1. The van der Waals surface area contributed by atoms with Gasteiger partial charge in [0.25, 0.3) is 5.56 Å². The van der Waals surface area contributed by atoms with E-state index in [1.165, 1.54) is 0 Å². The van der Waals surface area contributed by atoms with E-state index >= 15 is 0 Å². The smallest absolute Gasteiger partial charge is 0.312 e. The number of esters is 1. The number of benzene rings is 1. The Labute approximate surface area is 113 Å². The molecular weight excluding hydrogens is 263 g/mol. The lowest BCUT2D eigenvalue weighted by molar-refractivity contribution is -0.140. The summed E-state index contributed by atoms with van der Waals surface area (Å²) in [6, 6.07) is 7.03. The molecule has 0 radical (unpaired) electrons. The van der Waals surface area contributed by atoms with Crippen LogP contribution in [0.4, 0.5) is 0 Å². The van der Waals surface area contributed by atoms with Gasteiger partial charge in [-0.05, 0) is 6.07 Å². The number of aromatic nitrogens is 2. The van der Waals surface area contributed by atoms with Gasteiger partial charge in [-0.15, -0.1) is 0 Å². The fraction of sp³-hybridized carbons (Fsp3) is 0.308. The minimum Gasteiger partial charge on any atom is -0.461 e. The summed E-state index contributed by atoms with van der Waals surface area (Å²) < 4.78 is 4.82. The molecule has 1 N–H and O–H groups in total. The normalized spacial score (nSPS) is 9.63. The SMILES string of the molecule is CC.O=C(Cc1n[nH]c(=O)c2ccccc12)OCP. The summed E-state index contributed by atoms with van der Waals surface area (Å²) >= 11 is 0. The molecule has 1 aromatic heterocycles. The van der Waals surface area contributed by atoms with Crippen molar-refractivity contribution in [3.8, 4) is 0 Å². The number of H-pyrrole nitrogens is 1. The van der Waals surface area contributed by atoms with Crippen LogP contribution < -0.4 is 5.56 Å². The fourth-order valence-electron chi connectivity index (χ4n) is 1.59. The number of fused-ring (bicyclic) bond motifs is 1. The van der Waals surface area contributed by atoms with Crippen LogP contribution in [0.3, 0.4) is 0 Å². The quantitative estimate of drug-likeness (QED) is 0.688. The Hall–Kier alpha value is -1.74. The van der Waals surface area contributed by atoms with Gasteiger partial charge in [-0.3, -0.25) is 9.59 Å². The lowest BCUT2D eigenvalue weighted by atomic mass is 10.1. The Bertz CT molecular complexity index is 610. The third-order valence-electron chi connectivity index (χ3n) is 2.33. The van der Waals surface area contributed by atoms with E-state index in [1.54, 1.807) is 24.3 Å². The van der Waals surface area contributed by atoms with Gasteiger partial charge in [0.2, 0.25) is 0 Å². The van der Waals surface area contributed by atoms with Crippen molar-refractivity contribution in [1.29, 1.82) is 0 Å². The van der Waals surface area contributed by atoms with Crippen LogP contribution in [0.25, 0.3) is 10.8 Å². The van der Waals surface area contributed by atoms with E-state index in [0.29, 0.717) is 16.5 Å². The molecule has 0 saturated carbocycles. The highest BCUT2D eigenvalue weighted by Crippen LogP contribution is 2.13. The molecule has 0 aliphatic carbocycles. The van der Waals surface area contributed by atoms with Gasteiger partial charge < -0.3 is 4.74 Å². The maximum absolute atomic E-state index is 11.5. The Morgan fingerprint density at radius 1 is 1.32 bits per heavy atom. The molecule has 2 rings (SSSR count). The maximum atomic E-state index is 11.5. The summed E-state index contributed by atoms with van der Waals surface area (Å²) in [6.07, 6.45) is 0.297. The Morgan fingerprint density at radius 2 is 1.95 bits per heavy atom. The zero-order chi connectivity index (χ0) is 14.3. The average molecular weight is 280 g/mol. The molecule has 0 saturated heterocycles. The monoisotopic (exact) mass is 280 g/mol. The lowest BCUT2D eigenvalue weighted by Crippen LogP contribution is -2.14. The zero-order valence-corrected chi connectivity index (χ0v) is 12.1. The second kappa shape index (κ2) is 7.64. The summed E-state index contributed by atoms with van der Waals surface area (Å²) in [7, 11) is 2.31. The molecule has 2 aromatic rings. The van der Waals surface area contributed by atoms with Crippen LogP contribution in [0.5, 0.6) is 0 Å². The van der Waals surface area contributed by atoms with Crippen LogP contribution in [0, 0.1) is 0 Å². The summed E-state index contributed by atoms with van der Waals surface area (Å²) in [5.41, 5.74) is 0.257. The first-order chi connectivity index (χ1) is 9.22. The Balaban J connectivity index is 0.000000861. The molecule has 0 fully saturated rings. The molecule has 102 valence electrons. The van der Waals surface area contributed by atoms with Gasteiger partial charge in [-0.25, -0.2) is 5.10 Å². The number of nitrogens with zero attached hydrogens (tertiary/aromatic N) is 1. The van der Waals surface area contributed by atoms with Gasteiger partial charge in [0.05, 0.1) is 17.5 Å². The number of aromatic amines is 1. The fourth-order valence-corrected chi connectivity index (χ4v) is 1.77. The molecule has 0 bridgehead atoms. The topological polar surface area (TPSA) is 72.0 Å². The highest BCUT2D eigenvalue weighted by atomic mass is 31.0. The first-order valence-corrected chi connectivity index (χ1v) is 6.86. The van der Waals surface area contributed by atoms with Crippen molar-refractivity contribution < 1.29 is 9.53 Å². The molecule has 1 atom stereocenters. The molecule has 19 heavy (non-hydrogen) atoms. The van der Waals surface area contributed by atoms with Crippen LogP contribution in [-0.4, -0.2) is 22.5 Å². The van der Waals surface area contributed by atoms with Gasteiger partial charge >= 0.3 is 5.97 Å². The predicted molar refractivity (Wildman–Crippen MR) is 78.1 cm³/mol. The third-order valence-corrected chi connectivity index (χ3v) is 2.50. The summed E-state index contributed by atoms with van der Waals surface area (Å²) in [6.45, 7) is 4.00. The van der Waals surface area contributed by atoms with Crippen molar-refractivity contribution >= 4 is 26.0 Å². The second-order valence-electron chi connectivity index (χ2n) is 3.40.